The fraction of sp³-hybridized carbons (Fsp3) is 0.429. The van der Waals surface area contributed by atoms with Crippen LogP contribution in [0, 0.1) is 0 Å². The van der Waals surface area contributed by atoms with E-state index >= 15 is 0 Å². The van der Waals surface area contributed by atoms with E-state index in [0.717, 1.165) is 5.56 Å². The van der Waals surface area contributed by atoms with Crippen molar-refractivity contribution in [2.75, 3.05) is 19.4 Å². The van der Waals surface area contributed by atoms with Gasteiger partial charge in [0.1, 0.15) is 12.4 Å². The first-order chi connectivity index (χ1) is 10.7. The maximum absolute atomic E-state index is 12.4. The Morgan fingerprint density at radius 3 is 2.41 bits per heavy atom. The molecule has 2 aromatic rings. The minimum absolute atomic E-state index is 0.285. The van der Waals surface area contributed by atoms with E-state index < -0.39 is 7.60 Å². The first-order valence-corrected chi connectivity index (χ1v) is 8.91. The van der Waals surface area contributed by atoms with E-state index in [1.165, 1.54) is 0 Å². The third-order valence-electron chi connectivity index (χ3n) is 2.85. The molecule has 2 aromatic heterocycles. The first kappa shape index (κ1) is 16.7. The molecule has 0 aliphatic heterocycles. The van der Waals surface area contributed by atoms with Gasteiger partial charge in [0.15, 0.2) is 18.6 Å². The van der Waals surface area contributed by atoms with Crippen molar-refractivity contribution in [2.24, 2.45) is 0 Å². The molecule has 0 aliphatic carbocycles. The molecule has 0 aromatic carbocycles. The Labute approximate surface area is 129 Å². The Morgan fingerprint density at radius 2 is 1.86 bits per heavy atom. The van der Waals surface area contributed by atoms with E-state index in [9.17, 15) is 4.57 Å². The van der Waals surface area contributed by atoms with Crippen LogP contribution in [-0.2, 0) is 20.2 Å². The van der Waals surface area contributed by atoms with Gasteiger partial charge in [-0.15, -0.1) is 0 Å². The minimum atomic E-state index is -3.04. The zero-order valence-corrected chi connectivity index (χ0v) is 13.6. The average molecular weight is 323 g/mol. The molecule has 0 saturated carbocycles. The van der Waals surface area contributed by atoms with Crippen LogP contribution in [0.4, 0.5) is 0 Å². The smallest absolute Gasteiger partial charge is 0.309 e. The highest BCUT2D eigenvalue weighted by Crippen LogP contribution is 2.47. The summed E-state index contributed by atoms with van der Waals surface area (Å²) < 4.78 is 24.6. The number of aryl methyl sites for hydroxylation is 1. The Bertz CT molecular complexity index is 612. The molecule has 0 atom stereocenters. The fourth-order valence-corrected chi connectivity index (χ4v) is 3.45. The molecule has 0 radical (unpaired) electrons. The summed E-state index contributed by atoms with van der Waals surface area (Å²) >= 11 is 0. The predicted molar refractivity (Wildman–Crippen MR) is 81.2 cm³/mol. The van der Waals surface area contributed by atoms with E-state index in [1.54, 1.807) is 49.4 Å². The van der Waals surface area contributed by atoms with Gasteiger partial charge in [-0.3, -0.25) is 4.57 Å². The van der Waals surface area contributed by atoms with Gasteiger partial charge in [0.25, 0.3) is 0 Å². The molecule has 2 heterocycles. The predicted octanol–water partition coefficient (Wildman–Crippen LogP) is 2.09. The fourth-order valence-electron chi connectivity index (χ4n) is 1.88. The summed E-state index contributed by atoms with van der Waals surface area (Å²) in [7, 11) is -3.04. The first-order valence-electron chi connectivity index (χ1n) is 7.18. The van der Waals surface area contributed by atoms with Crippen molar-refractivity contribution in [1.29, 1.82) is 0 Å². The van der Waals surface area contributed by atoms with E-state index in [-0.39, 0.29) is 6.16 Å². The summed E-state index contributed by atoms with van der Waals surface area (Å²) in [4.78, 5) is 8.34. The Hall–Kier alpha value is -1.69. The molecule has 0 amide bonds. The monoisotopic (exact) mass is 323 g/mol. The van der Waals surface area contributed by atoms with Crippen LogP contribution < -0.4 is 4.68 Å². The van der Waals surface area contributed by atoms with Gasteiger partial charge in [0.2, 0.25) is 0 Å². The van der Waals surface area contributed by atoms with Crippen molar-refractivity contribution in [3.8, 4) is 11.4 Å². The van der Waals surface area contributed by atoms with Crippen LogP contribution in [-0.4, -0.2) is 34.4 Å². The van der Waals surface area contributed by atoms with Gasteiger partial charge in [-0.2, -0.15) is 0 Å². The second-order valence-corrected chi connectivity index (χ2v) is 6.61. The van der Waals surface area contributed by atoms with Crippen molar-refractivity contribution in [3.63, 3.8) is 0 Å². The highest BCUT2D eigenvalue weighted by Gasteiger charge is 2.25. The highest BCUT2D eigenvalue weighted by molar-refractivity contribution is 7.53. The third kappa shape index (κ3) is 4.66. The molecule has 0 saturated heterocycles. The summed E-state index contributed by atoms with van der Waals surface area (Å²) in [6.07, 6.45) is 7.14. The lowest BCUT2D eigenvalue weighted by molar-refractivity contribution is -0.750. The van der Waals surface area contributed by atoms with Crippen LogP contribution in [0.15, 0.2) is 36.9 Å². The summed E-state index contributed by atoms with van der Waals surface area (Å²) in [5.41, 5.74) is 0.828. The van der Waals surface area contributed by atoms with Crippen LogP contribution in [0.3, 0.4) is 0 Å². The normalized spacial score (nSPS) is 11.5. The zero-order chi connectivity index (χ0) is 15.8. The zero-order valence-electron chi connectivity index (χ0n) is 12.8. The van der Waals surface area contributed by atoms with Crippen LogP contribution in [0.2, 0.25) is 0 Å². The number of hydrogen-bond donors (Lipinski definition) is 0. The van der Waals surface area contributed by atoms with Crippen LogP contribution in [0.5, 0.6) is 0 Å². The van der Waals surface area contributed by atoms with Crippen LogP contribution >= 0.6 is 7.60 Å². The van der Waals surface area contributed by atoms with Gasteiger partial charge in [-0.05, 0) is 25.0 Å². The molecule has 118 valence electrons. The lowest BCUT2D eigenvalue weighted by Gasteiger charge is -2.14. The summed E-state index contributed by atoms with van der Waals surface area (Å²) in [6, 6.07) is 3.63. The van der Waals surface area contributed by atoms with Crippen molar-refractivity contribution >= 4 is 7.60 Å². The van der Waals surface area contributed by atoms with Gasteiger partial charge >= 0.3 is 7.60 Å². The highest BCUT2D eigenvalue weighted by atomic mass is 31.2. The Balaban J connectivity index is 2.01. The molecule has 0 N–H and O–H groups in total. The molecule has 2 rings (SSSR count). The standard InChI is InChI=1S/C14H20N4O3P/c1-3-20-22(19,21-4-2)11-10-18-9-6-13(12-17-18)14-15-7-5-8-16-14/h5-9,12H,3-4,10-11H2,1-2H3/q+1. The average Bonchev–Trinajstić information content (AvgIpc) is 2.55. The van der Waals surface area contributed by atoms with Crippen molar-refractivity contribution < 1.29 is 18.3 Å². The molecule has 0 fully saturated rings. The van der Waals surface area contributed by atoms with Gasteiger partial charge in [-0.1, -0.05) is 4.68 Å². The quantitative estimate of drug-likeness (QED) is 0.547. The third-order valence-corrected chi connectivity index (χ3v) is 4.90. The van der Waals surface area contributed by atoms with Crippen LogP contribution in [0.25, 0.3) is 11.4 Å². The summed E-state index contributed by atoms with van der Waals surface area (Å²) in [5.74, 6) is 0.622. The summed E-state index contributed by atoms with van der Waals surface area (Å²) in [5, 5.41) is 4.28. The van der Waals surface area contributed by atoms with E-state index in [1.807, 2.05) is 6.07 Å². The van der Waals surface area contributed by atoms with E-state index in [4.69, 9.17) is 9.05 Å². The largest absolute Gasteiger partial charge is 0.337 e. The second-order valence-electron chi connectivity index (χ2n) is 4.42. The maximum Gasteiger partial charge on any atom is 0.337 e. The number of hydrogen-bond acceptors (Lipinski definition) is 6. The van der Waals surface area contributed by atoms with Crippen molar-refractivity contribution in [1.82, 2.24) is 15.1 Å². The summed E-state index contributed by atoms with van der Waals surface area (Å²) in [6.45, 7) is 4.77. The molecule has 0 aliphatic rings. The van der Waals surface area contributed by atoms with E-state index in [0.29, 0.717) is 25.6 Å². The molecule has 0 unspecified atom stereocenters. The maximum atomic E-state index is 12.4. The molecule has 8 heteroatoms. The lowest BCUT2D eigenvalue weighted by atomic mass is 10.3. The van der Waals surface area contributed by atoms with Gasteiger partial charge < -0.3 is 9.05 Å². The lowest BCUT2D eigenvalue weighted by Crippen LogP contribution is -2.39. The molecule has 0 spiro atoms. The topological polar surface area (TPSA) is 78.1 Å². The van der Waals surface area contributed by atoms with Crippen LogP contribution in [0.1, 0.15) is 13.8 Å². The number of aromatic nitrogens is 4. The second kappa shape index (κ2) is 8.08. The van der Waals surface area contributed by atoms with Gasteiger partial charge in [-0.25, -0.2) is 9.97 Å². The molecular weight excluding hydrogens is 303 g/mol. The van der Waals surface area contributed by atoms with Gasteiger partial charge in [0.05, 0.1) is 13.2 Å². The minimum Gasteiger partial charge on any atom is -0.309 e. The van der Waals surface area contributed by atoms with Gasteiger partial charge in [0, 0.05) is 24.0 Å². The van der Waals surface area contributed by atoms with E-state index in [2.05, 4.69) is 15.1 Å². The Morgan fingerprint density at radius 1 is 1.18 bits per heavy atom. The van der Waals surface area contributed by atoms with Crippen molar-refractivity contribution in [2.45, 2.75) is 20.4 Å². The number of nitrogens with zero attached hydrogens (tertiary/aromatic N) is 4. The molecule has 7 nitrogen and oxygen atoms in total. The van der Waals surface area contributed by atoms with Crippen molar-refractivity contribution in [3.05, 3.63) is 36.9 Å². The number of rotatable bonds is 8. The molecular formula is C14H20N4O3P+. The SMILES string of the molecule is CCOP(=O)(CC[n+]1ccc(-c2ncccn2)cn1)OCC. The molecule has 22 heavy (non-hydrogen) atoms. The molecule has 0 bridgehead atoms. The Kier molecular flexibility index (Phi) is 6.12.